The van der Waals surface area contributed by atoms with Crippen LogP contribution in [-0.2, 0) is 25.1 Å². The minimum absolute atomic E-state index is 0.788. The Labute approximate surface area is 202 Å². The van der Waals surface area contributed by atoms with E-state index in [-0.39, 0.29) is 0 Å². The lowest BCUT2D eigenvalue weighted by molar-refractivity contribution is 0.508. The third-order valence-electron chi connectivity index (χ3n) is 5.97. The van der Waals surface area contributed by atoms with Crippen molar-refractivity contribution in [2.75, 3.05) is 0 Å². The fourth-order valence-corrected chi connectivity index (χ4v) is 7.33. The first-order valence-corrected chi connectivity index (χ1v) is 14.0. The molecular weight excluding hydrogens is 453 g/mol. The van der Waals surface area contributed by atoms with Gasteiger partial charge in [0.25, 0.3) is 0 Å². The van der Waals surface area contributed by atoms with Crippen LogP contribution in [0, 0.1) is 12.8 Å². The lowest BCUT2D eigenvalue weighted by atomic mass is 9.88. The number of rotatable bonds is 7. The summed E-state index contributed by atoms with van der Waals surface area (Å²) in [5.74, 6) is 2.64. The molecule has 4 aromatic rings. The van der Waals surface area contributed by atoms with Crippen LogP contribution in [0.1, 0.15) is 48.4 Å². The molecule has 0 radical (unpaired) electrons. The molecule has 0 aliphatic heterocycles. The molecule has 5 rings (SSSR count). The third-order valence-corrected chi connectivity index (χ3v) is 8.96. The zero-order chi connectivity index (χ0) is 22.1. The maximum Gasteiger partial charge on any atom is 0.191 e. The SMILES string of the molecule is CCCn1c(SCc2csc(-c3cccc(C)c3)n2)nnc1-c1csc2c1CCC(C)C2. The minimum Gasteiger partial charge on any atom is -0.302 e. The maximum atomic E-state index is 4.88. The van der Waals surface area contributed by atoms with E-state index in [0.717, 1.165) is 52.7 Å². The topological polar surface area (TPSA) is 43.6 Å². The molecule has 0 fully saturated rings. The van der Waals surface area contributed by atoms with Gasteiger partial charge in [0, 0.05) is 39.1 Å². The summed E-state index contributed by atoms with van der Waals surface area (Å²) >= 11 is 5.36. The van der Waals surface area contributed by atoms with Gasteiger partial charge in [0.1, 0.15) is 5.01 Å². The van der Waals surface area contributed by atoms with Crippen LogP contribution in [0.3, 0.4) is 0 Å². The molecule has 32 heavy (non-hydrogen) atoms. The summed E-state index contributed by atoms with van der Waals surface area (Å²) < 4.78 is 2.32. The van der Waals surface area contributed by atoms with Crippen molar-refractivity contribution in [3.8, 4) is 22.0 Å². The second-order valence-corrected chi connectivity index (χ2v) is 11.4. The lowest BCUT2D eigenvalue weighted by Gasteiger charge is -2.19. The highest BCUT2D eigenvalue weighted by Gasteiger charge is 2.24. The molecule has 1 aliphatic carbocycles. The van der Waals surface area contributed by atoms with E-state index in [1.54, 1.807) is 28.0 Å². The Morgan fingerprint density at radius 1 is 1.19 bits per heavy atom. The molecule has 1 aliphatic rings. The van der Waals surface area contributed by atoms with Crippen LogP contribution in [0.15, 0.2) is 40.2 Å². The summed E-state index contributed by atoms with van der Waals surface area (Å²) in [4.78, 5) is 6.42. The number of thiazole rings is 1. The second-order valence-electron chi connectivity index (χ2n) is 8.66. The number of nitrogens with zero attached hydrogens (tertiary/aromatic N) is 4. The molecule has 0 saturated heterocycles. The van der Waals surface area contributed by atoms with Crippen molar-refractivity contribution in [2.24, 2.45) is 5.92 Å². The van der Waals surface area contributed by atoms with Gasteiger partial charge in [-0.2, -0.15) is 0 Å². The summed E-state index contributed by atoms with van der Waals surface area (Å²) in [5, 5.41) is 15.8. The average molecular weight is 481 g/mol. The molecule has 1 atom stereocenters. The Morgan fingerprint density at radius 2 is 2.09 bits per heavy atom. The molecule has 0 saturated carbocycles. The van der Waals surface area contributed by atoms with Crippen molar-refractivity contribution in [1.29, 1.82) is 0 Å². The van der Waals surface area contributed by atoms with Gasteiger partial charge in [-0.15, -0.1) is 32.9 Å². The lowest BCUT2D eigenvalue weighted by Crippen LogP contribution is -2.10. The van der Waals surface area contributed by atoms with Crippen molar-refractivity contribution in [3.05, 3.63) is 56.7 Å². The van der Waals surface area contributed by atoms with Crippen molar-refractivity contribution in [3.63, 3.8) is 0 Å². The van der Waals surface area contributed by atoms with E-state index in [0.29, 0.717) is 0 Å². The second kappa shape index (κ2) is 9.49. The van der Waals surface area contributed by atoms with Gasteiger partial charge in [-0.25, -0.2) is 4.98 Å². The highest BCUT2D eigenvalue weighted by molar-refractivity contribution is 7.98. The Balaban J connectivity index is 1.36. The summed E-state index contributed by atoms with van der Waals surface area (Å²) in [6.07, 6.45) is 4.71. The van der Waals surface area contributed by atoms with Gasteiger partial charge in [-0.05, 0) is 50.2 Å². The minimum atomic E-state index is 0.788. The van der Waals surface area contributed by atoms with Crippen molar-refractivity contribution in [1.82, 2.24) is 19.7 Å². The molecule has 0 spiro atoms. The average Bonchev–Trinajstić information content (AvgIpc) is 3.51. The van der Waals surface area contributed by atoms with Crippen LogP contribution in [0.25, 0.3) is 22.0 Å². The molecule has 7 heteroatoms. The molecule has 3 heterocycles. The van der Waals surface area contributed by atoms with E-state index in [2.05, 4.69) is 70.6 Å². The van der Waals surface area contributed by atoms with Crippen molar-refractivity contribution >= 4 is 34.4 Å². The van der Waals surface area contributed by atoms with Crippen LogP contribution in [0.2, 0.25) is 0 Å². The van der Waals surface area contributed by atoms with E-state index >= 15 is 0 Å². The Kier molecular flexibility index (Phi) is 6.49. The number of hydrogen-bond donors (Lipinski definition) is 0. The fourth-order valence-electron chi connectivity index (χ4n) is 4.31. The van der Waals surface area contributed by atoms with E-state index in [4.69, 9.17) is 4.98 Å². The summed E-state index contributed by atoms with van der Waals surface area (Å²) in [6, 6.07) is 8.55. The quantitative estimate of drug-likeness (QED) is 0.261. The fraction of sp³-hybridized carbons (Fsp3) is 0.400. The predicted octanol–water partition coefficient (Wildman–Crippen LogP) is 7.27. The first kappa shape index (κ1) is 21.9. The molecule has 0 bridgehead atoms. The van der Waals surface area contributed by atoms with Gasteiger partial charge in [-0.3, -0.25) is 0 Å². The number of fused-ring (bicyclic) bond motifs is 1. The van der Waals surface area contributed by atoms with Crippen molar-refractivity contribution < 1.29 is 0 Å². The first-order valence-electron chi connectivity index (χ1n) is 11.3. The zero-order valence-electron chi connectivity index (χ0n) is 18.8. The van der Waals surface area contributed by atoms with E-state index in [9.17, 15) is 0 Å². The third kappa shape index (κ3) is 4.43. The molecule has 0 N–H and O–H groups in total. The van der Waals surface area contributed by atoms with E-state index < -0.39 is 0 Å². The first-order chi connectivity index (χ1) is 15.6. The zero-order valence-corrected chi connectivity index (χ0v) is 21.2. The number of aromatic nitrogens is 4. The van der Waals surface area contributed by atoms with E-state index in [1.807, 2.05) is 11.3 Å². The number of thioether (sulfide) groups is 1. The van der Waals surface area contributed by atoms with Gasteiger partial charge in [0.05, 0.1) is 5.69 Å². The standard InChI is InChI=1S/C25H28N4S3/c1-4-10-29-23(21-15-30-22-12-17(3)8-9-20(21)22)27-28-25(29)32-14-19-13-31-24(26-19)18-7-5-6-16(2)11-18/h5-7,11,13,15,17H,4,8-10,12,14H2,1-3H3. The summed E-state index contributed by atoms with van der Waals surface area (Å²) in [6.45, 7) is 7.64. The van der Waals surface area contributed by atoms with Crippen LogP contribution in [-0.4, -0.2) is 19.7 Å². The van der Waals surface area contributed by atoms with Gasteiger partial charge in [0.2, 0.25) is 0 Å². The highest BCUT2D eigenvalue weighted by atomic mass is 32.2. The number of aryl methyl sites for hydroxylation is 1. The largest absolute Gasteiger partial charge is 0.302 e. The maximum absolute atomic E-state index is 4.88. The molecule has 166 valence electrons. The molecule has 1 aromatic carbocycles. The number of hydrogen-bond acceptors (Lipinski definition) is 6. The summed E-state index contributed by atoms with van der Waals surface area (Å²) in [7, 11) is 0. The summed E-state index contributed by atoms with van der Waals surface area (Å²) in [5.41, 5.74) is 6.38. The van der Waals surface area contributed by atoms with Crippen molar-refractivity contribution in [2.45, 2.75) is 63.9 Å². The number of thiophene rings is 1. The number of benzene rings is 1. The smallest absolute Gasteiger partial charge is 0.191 e. The monoisotopic (exact) mass is 480 g/mol. The Hall–Kier alpha value is -1.96. The molecule has 1 unspecified atom stereocenters. The molecular formula is C25H28N4S3. The normalized spacial score (nSPS) is 15.8. The van der Waals surface area contributed by atoms with Crippen LogP contribution < -0.4 is 0 Å². The van der Waals surface area contributed by atoms with Crippen LogP contribution in [0.5, 0.6) is 0 Å². The Bertz CT molecular complexity index is 1220. The molecule has 4 nitrogen and oxygen atoms in total. The van der Waals surface area contributed by atoms with E-state index in [1.165, 1.54) is 35.1 Å². The predicted molar refractivity (Wildman–Crippen MR) is 137 cm³/mol. The van der Waals surface area contributed by atoms with Gasteiger partial charge >= 0.3 is 0 Å². The Morgan fingerprint density at radius 3 is 2.94 bits per heavy atom. The molecule has 3 aromatic heterocycles. The molecule has 0 amide bonds. The highest BCUT2D eigenvalue weighted by Crippen LogP contribution is 2.38. The van der Waals surface area contributed by atoms with Crippen LogP contribution in [0.4, 0.5) is 0 Å². The van der Waals surface area contributed by atoms with Gasteiger partial charge in [0.15, 0.2) is 11.0 Å². The van der Waals surface area contributed by atoms with Gasteiger partial charge in [-0.1, -0.05) is 49.4 Å². The van der Waals surface area contributed by atoms with Gasteiger partial charge < -0.3 is 4.57 Å². The van der Waals surface area contributed by atoms with Crippen LogP contribution >= 0.6 is 34.4 Å².